The quantitative estimate of drug-likeness (QED) is 0.808. The molecule has 1 aromatic carbocycles. The monoisotopic (exact) mass is 311 g/mol. The van der Waals surface area contributed by atoms with Gasteiger partial charge in [-0.25, -0.2) is 9.78 Å². The summed E-state index contributed by atoms with van der Waals surface area (Å²) in [5, 5.41) is 0. The van der Waals surface area contributed by atoms with Crippen LogP contribution in [0.15, 0.2) is 48.9 Å². The number of hydrogen-bond acceptors (Lipinski definition) is 5. The maximum Gasteiger partial charge on any atom is 0.359 e. The van der Waals surface area contributed by atoms with Crippen LogP contribution in [0.25, 0.3) is 0 Å². The molecule has 0 saturated carbocycles. The number of benzene rings is 1. The summed E-state index contributed by atoms with van der Waals surface area (Å²) >= 11 is 0. The number of ether oxygens (including phenoxy) is 1. The summed E-state index contributed by atoms with van der Waals surface area (Å²) in [5.41, 5.74) is 0.740. The van der Waals surface area contributed by atoms with Gasteiger partial charge in [-0.15, -0.1) is 0 Å². The van der Waals surface area contributed by atoms with E-state index < -0.39 is 12.1 Å². The molecule has 1 amide bonds. The number of nitrogens with zero attached hydrogens (tertiary/aromatic N) is 3. The van der Waals surface area contributed by atoms with Gasteiger partial charge in [0.25, 0.3) is 5.91 Å². The molecule has 0 spiro atoms. The third kappa shape index (κ3) is 3.53. The lowest BCUT2D eigenvalue weighted by Gasteiger charge is -2.23. The molecule has 1 aliphatic rings. The third-order valence-electron chi connectivity index (χ3n) is 3.74. The Morgan fingerprint density at radius 2 is 1.83 bits per heavy atom. The number of esters is 1. The lowest BCUT2D eigenvalue weighted by Crippen LogP contribution is -2.35. The smallest absolute Gasteiger partial charge is 0.359 e. The molecular weight excluding hydrogens is 294 g/mol. The van der Waals surface area contributed by atoms with Crippen LogP contribution in [0.5, 0.6) is 0 Å². The molecule has 6 nitrogen and oxygen atoms in total. The van der Waals surface area contributed by atoms with E-state index in [1.807, 2.05) is 18.2 Å². The predicted octanol–water partition coefficient (Wildman–Crippen LogP) is 2.00. The number of amides is 1. The number of likely N-dealkylation sites (tertiary alicyclic amines) is 1. The first kappa shape index (κ1) is 15.1. The van der Waals surface area contributed by atoms with Crippen LogP contribution in [0.3, 0.4) is 0 Å². The van der Waals surface area contributed by atoms with Crippen molar-refractivity contribution < 1.29 is 14.3 Å². The fourth-order valence-corrected chi connectivity index (χ4v) is 2.56. The van der Waals surface area contributed by atoms with Gasteiger partial charge in [-0.05, 0) is 12.8 Å². The average molecular weight is 311 g/mol. The Morgan fingerprint density at radius 1 is 1.09 bits per heavy atom. The Kier molecular flexibility index (Phi) is 4.61. The maximum atomic E-state index is 12.7. The minimum atomic E-state index is -0.955. The van der Waals surface area contributed by atoms with Crippen LogP contribution < -0.4 is 0 Å². The number of hydrogen-bond donors (Lipinski definition) is 0. The Balaban J connectivity index is 1.83. The number of carbonyl (C=O) groups is 2. The molecule has 0 bridgehead atoms. The molecule has 0 radical (unpaired) electrons. The molecule has 1 saturated heterocycles. The average Bonchev–Trinajstić information content (AvgIpc) is 3.15. The Labute approximate surface area is 134 Å². The van der Waals surface area contributed by atoms with Gasteiger partial charge in [-0.2, -0.15) is 0 Å². The standard InChI is InChI=1S/C17H17N3O3/c21-16(20-10-4-5-11-20)15(13-6-2-1-3-7-13)23-17(22)14-12-18-8-9-19-14/h1-3,6-9,12,15H,4-5,10-11H2/t15-/m1/s1. The van der Waals surface area contributed by atoms with Gasteiger partial charge in [0.2, 0.25) is 6.10 Å². The zero-order valence-corrected chi connectivity index (χ0v) is 12.6. The number of carbonyl (C=O) groups excluding carboxylic acids is 2. The van der Waals surface area contributed by atoms with Crippen LogP contribution in [0, 0.1) is 0 Å². The van der Waals surface area contributed by atoms with Gasteiger partial charge in [0.1, 0.15) is 0 Å². The summed E-state index contributed by atoms with van der Waals surface area (Å²) in [4.78, 5) is 34.5. The minimum Gasteiger partial charge on any atom is -0.443 e. The molecule has 1 atom stereocenters. The highest BCUT2D eigenvalue weighted by atomic mass is 16.5. The van der Waals surface area contributed by atoms with E-state index in [2.05, 4.69) is 9.97 Å². The molecule has 1 aliphatic heterocycles. The first-order valence-corrected chi connectivity index (χ1v) is 7.56. The predicted molar refractivity (Wildman–Crippen MR) is 82.4 cm³/mol. The van der Waals surface area contributed by atoms with E-state index in [0.717, 1.165) is 12.8 Å². The molecule has 1 fully saturated rings. The van der Waals surface area contributed by atoms with Crippen molar-refractivity contribution in [3.63, 3.8) is 0 Å². The van der Waals surface area contributed by atoms with Crippen LogP contribution in [0.2, 0.25) is 0 Å². The van der Waals surface area contributed by atoms with Gasteiger partial charge in [0.15, 0.2) is 5.69 Å². The van der Waals surface area contributed by atoms with Gasteiger partial charge >= 0.3 is 5.97 Å². The summed E-state index contributed by atoms with van der Waals surface area (Å²) in [7, 11) is 0. The summed E-state index contributed by atoms with van der Waals surface area (Å²) in [6, 6.07) is 9.04. The second-order valence-corrected chi connectivity index (χ2v) is 5.32. The molecule has 0 unspecified atom stereocenters. The van der Waals surface area contributed by atoms with E-state index in [1.54, 1.807) is 17.0 Å². The molecule has 1 aromatic heterocycles. The molecule has 2 aromatic rings. The first-order valence-electron chi connectivity index (χ1n) is 7.56. The maximum absolute atomic E-state index is 12.7. The molecular formula is C17H17N3O3. The highest BCUT2D eigenvalue weighted by Crippen LogP contribution is 2.23. The second-order valence-electron chi connectivity index (χ2n) is 5.32. The zero-order valence-electron chi connectivity index (χ0n) is 12.6. The Morgan fingerprint density at radius 3 is 2.48 bits per heavy atom. The van der Waals surface area contributed by atoms with Gasteiger partial charge in [0, 0.05) is 31.0 Å². The fourth-order valence-electron chi connectivity index (χ4n) is 2.56. The molecule has 3 rings (SSSR count). The highest BCUT2D eigenvalue weighted by Gasteiger charge is 2.31. The van der Waals surface area contributed by atoms with E-state index >= 15 is 0 Å². The van der Waals surface area contributed by atoms with Crippen LogP contribution in [0.4, 0.5) is 0 Å². The van der Waals surface area contributed by atoms with Crippen molar-refractivity contribution in [2.45, 2.75) is 18.9 Å². The molecule has 0 aliphatic carbocycles. The lowest BCUT2D eigenvalue weighted by molar-refractivity contribution is -0.140. The van der Waals surface area contributed by atoms with Crippen molar-refractivity contribution in [2.75, 3.05) is 13.1 Å². The SMILES string of the molecule is O=C(O[C@@H](C(=O)N1CCCC1)c1ccccc1)c1cnccn1. The third-order valence-corrected chi connectivity index (χ3v) is 3.74. The van der Waals surface area contributed by atoms with E-state index in [-0.39, 0.29) is 11.6 Å². The van der Waals surface area contributed by atoms with Crippen LogP contribution >= 0.6 is 0 Å². The molecule has 118 valence electrons. The van der Waals surface area contributed by atoms with Crippen LogP contribution in [-0.2, 0) is 9.53 Å². The zero-order chi connectivity index (χ0) is 16.1. The summed E-state index contributed by atoms with van der Waals surface area (Å²) < 4.78 is 5.46. The van der Waals surface area contributed by atoms with Gasteiger partial charge in [-0.1, -0.05) is 30.3 Å². The van der Waals surface area contributed by atoms with Crippen molar-refractivity contribution in [2.24, 2.45) is 0 Å². The summed E-state index contributed by atoms with van der Waals surface area (Å²) in [6.45, 7) is 1.40. The van der Waals surface area contributed by atoms with Crippen molar-refractivity contribution in [3.05, 3.63) is 60.2 Å². The molecule has 2 heterocycles. The van der Waals surface area contributed by atoms with E-state index in [0.29, 0.717) is 18.7 Å². The lowest BCUT2D eigenvalue weighted by atomic mass is 10.1. The summed E-state index contributed by atoms with van der Waals surface area (Å²) in [6.07, 6.45) is 5.21. The fraction of sp³-hybridized carbons (Fsp3) is 0.294. The molecule has 6 heteroatoms. The van der Waals surface area contributed by atoms with Crippen LogP contribution in [-0.4, -0.2) is 39.8 Å². The van der Waals surface area contributed by atoms with Gasteiger partial charge in [0.05, 0.1) is 6.20 Å². The van der Waals surface area contributed by atoms with E-state index in [4.69, 9.17) is 4.74 Å². The van der Waals surface area contributed by atoms with E-state index in [9.17, 15) is 9.59 Å². The number of aromatic nitrogens is 2. The largest absolute Gasteiger partial charge is 0.443 e. The van der Waals surface area contributed by atoms with Crippen molar-refractivity contribution in [1.82, 2.24) is 14.9 Å². The highest BCUT2D eigenvalue weighted by molar-refractivity contribution is 5.91. The van der Waals surface area contributed by atoms with Crippen molar-refractivity contribution >= 4 is 11.9 Å². The van der Waals surface area contributed by atoms with Gasteiger partial charge in [-0.3, -0.25) is 9.78 Å². The minimum absolute atomic E-state index is 0.0858. The number of rotatable bonds is 4. The Bertz CT molecular complexity index is 670. The van der Waals surface area contributed by atoms with Crippen molar-refractivity contribution in [1.29, 1.82) is 0 Å². The summed E-state index contributed by atoms with van der Waals surface area (Å²) in [5.74, 6) is -0.842. The second kappa shape index (κ2) is 7.00. The van der Waals surface area contributed by atoms with E-state index in [1.165, 1.54) is 18.6 Å². The topological polar surface area (TPSA) is 72.4 Å². The Hall–Kier alpha value is -2.76. The van der Waals surface area contributed by atoms with Gasteiger partial charge < -0.3 is 9.64 Å². The molecule has 23 heavy (non-hydrogen) atoms. The molecule has 0 N–H and O–H groups in total. The normalized spacial score (nSPS) is 15.2. The van der Waals surface area contributed by atoms with Crippen molar-refractivity contribution in [3.8, 4) is 0 Å². The first-order chi connectivity index (χ1) is 11.3. The van der Waals surface area contributed by atoms with Crippen LogP contribution in [0.1, 0.15) is 35.0 Å².